The highest BCUT2D eigenvalue weighted by Gasteiger charge is 2.30. The predicted molar refractivity (Wildman–Crippen MR) is 68.8 cm³/mol. The van der Waals surface area contributed by atoms with E-state index in [1.54, 1.807) is 18.2 Å². The van der Waals surface area contributed by atoms with E-state index in [1.807, 2.05) is 6.07 Å². The zero-order chi connectivity index (χ0) is 12.3. The Morgan fingerprint density at radius 2 is 2.18 bits per heavy atom. The van der Waals surface area contributed by atoms with E-state index in [0.717, 1.165) is 24.3 Å². The molecule has 1 aliphatic carbocycles. The van der Waals surface area contributed by atoms with Gasteiger partial charge in [-0.3, -0.25) is 0 Å². The Kier molecular flexibility index (Phi) is 4.06. The van der Waals surface area contributed by atoms with Gasteiger partial charge in [0.1, 0.15) is 5.75 Å². The van der Waals surface area contributed by atoms with Gasteiger partial charge in [-0.1, -0.05) is 38.3 Å². The van der Waals surface area contributed by atoms with Gasteiger partial charge in [0.05, 0.1) is 6.10 Å². The van der Waals surface area contributed by atoms with E-state index in [0.29, 0.717) is 5.92 Å². The SMILES string of the molecule is CCC[C@H]1CC[C@H]([C@H](O)c2cccc(O)c2)C1. The van der Waals surface area contributed by atoms with Gasteiger partial charge < -0.3 is 10.2 Å². The maximum atomic E-state index is 10.3. The van der Waals surface area contributed by atoms with Crippen molar-refractivity contribution in [1.29, 1.82) is 0 Å². The molecule has 0 unspecified atom stereocenters. The van der Waals surface area contributed by atoms with Gasteiger partial charge >= 0.3 is 0 Å². The summed E-state index contributed by atoms with van der Waals surface area (Å²) in [5, 5.41) is 19.7. The van der Waals surface area contributed by atoms with Crippen LogP contribution in [0.5, 0.6) is 5.75 Å². The Bertz CT molecular complexity index is 362. The van der Waals surface area contributed by atoms with Gasteiger partial charge in [0, 0.05) is 0 Å². The van der Waals surface area contributed by atoms with Crippen LogP contribution in [0.2, 0.25) is 0 Å². The lowest BCUT2D eigenvalue weighted by atomic mass is 9.92. The summed E-state index contributed by atoms with van der Waals surface area (Å²) >= 11 is 0. The molecular formula is C15H22O2. The largest absolute Gasteiger partial charge is 0.508 e. The molecule has 2 rings (SSSR count). The van der Waals surface area contributed by atoms with Crippen LogP contribution >= 0.6 is 0 Å². The number of hydrogen-bond donors (Lipinski definition) is 2. The van der Waals surface area contributed by atoms with Crippen molar-refractivity contribution in [1.82, 2.24) is 0 Å². The van der Waals surface area contributed by atoms with Gasteiger partial charge in [0.15, 0.2) is 0 Å². The summed E-state index contributed by atoms with van der Waals surface area (Å²) in [5.41, 5.74) is 0.854. The predicted octanol–water partition coefficient (Wildman–Crippen LogP) is 3.64. The highest BCUT2D eigenvalue weighted by atomic mass is 16.3. The third kappa shape index (κ3) is 3.01. The summed E-state index contributed by atoms with van der Waals surface area (Å²) < 4.78 is 0. The Balaban J connectivity index is 1.99. The van der Waals surface area contributed by atoms with Crippen LogP contribution in [-0.2, 0) is 0 Å². The number of phenols is 1. The van der Waals surface area contributed by atoms with Gasteiger partial charge in [-0.15, -0.1) is 0 Å². The Hall–Kier alpha value is -1.02. The molecule has 1 saturated carbocycles. The first kappa shape index (κ1) is 12.4. The normalized spacial score (nSPS) is 26.0. The molecule has 2 heteroatoms. The summed E-state index contributed by atoms with van der Waals surface area (Å²) in [6, 6.07) is 7.02. The van der Waals surface area contributed by atoms with E-state index in [9.17, 15) is 10.2 Å². The highest BCUT2D eigenvalue weighted by Crippen LogP contribution is 2.41. The minimum atomic E-state index is -0.413. The van der Waals surface area contributed by atoms with E-state index < -0.39 is 6.10 Å². The molecule has 2 nitrogen and oxygen atoms in total. The molecule has 94 valence electrons. The first-order valence-electron chi connectivity index (χ1n) is 6.67. The number of aromatic hydroxyl groups is 1. The number of phenolic OH excluding ortho intramolecular Hbond substituents is 1. The minimum Gasteiger partial charge on any atom is -0.508 e. The lowest BCUT2D eigenvalue weighted by Crippen LogP contribution is -2.09. The third-order valence-corrected chi connectivity index (χ3v) is 3.94. The number of hydrogen-bond acceptors (Lipinski definition) is 2. The van der Waals surface area contributed by atoms with Gasteiger partial charge in [-0.25, -0.2) is 0 Å². The molecule has 0 heterocycles. The summed E-state index contributed by atoms with van der Waals surface area (Å²) in [7, 11) is 0. The standard InChI is InChI=1S/C15H22O2/c1-2-4-11-7-8-13(9-11)15(17)12-5-3-6-14(16)10-12/h3,5-6,10-11,13,15-17H,2,4,7-9H2,1H3/t11-,13-,15+/m0/s1. The second kappa shape index (κ2) is 5.54. The lowest BCUT2D eigenvalue weighted by molar-refractivity contribution is 0.108. The third-order valence-electron chi connectivity index (χ3n) is 3.94. The van der Waals surface area contributed by atoms with Crippen molar-refractivity contribution in [3.05, 3.63) is 29.8 Å². The molecule has 1 aliphatic rings. The van der Waals surface area contributed by atoms with Crippen molar-refractivity contribution < 1.29 is 10.2 Å². The fourth-order valence-electron chi connectivity index (χ4n) is 3.05. The molecular weight excluding hydrogens is 212 g/mol. The van der Waals surface area contributed by atoms with Crippen molar-refractivity contribution in [2.24, 2.45) is 11.8 Å². The molecule has 0 spiro atoms. The molecule has 0 aliphatic heterocycles. The zero-order valence-electron chi connectivity index (χ0n) is 10.5. The van der Waals surface area contributed by atoms with Gasteiger partial charge in [-0.05, 0) is 42.4 Å². The lowest BCUT2D eigenvalue weighted by Gasteiger charge is -2.19. The quantitative estimate of drug-likeness (QED) is 0.835. The van der Waals surface area contributed by atoms with Gasteiger partial charge in [0.2, 0.25) is 0 Å². The molecule has 3 atom stereocenters. The smallest absolute Gasteiger partial charge is 0.115 e. The Labute approximate surface area is 103 Å². The second-order valence-corrected chi connectivity index (χ2v) is 5.27. The van der Waals surface area contributed by atoms with Crippen molar-refractivity contribution >= 4 is 0 Å². The van der Waals surface area contributed by atoms with Crippen LogP contribution in [0.3, 0.4) is 0 Å². The number of benzene rings is 1. The first-order valence-corrected chi connectivity index (χ1v) is 6.67. The molecule has 17 heavy (non-hydrogen) atoms. The summed E-state index contributed by atoms with van der Waals surface area (Å²) in [6.07, 6.45) is 5.59. The van der Waals surface area contributed by atoms with E-state index in [4.69, 9.17) is 0 Å². The van der Waals surface area contributed by atoms with Crippen LogP contribution in [0.4, 0.5) is 0 Å². The van der Waals surface area contributed by atoms with Crippen molar-refractivity contribution in [3.8, 4) is 5.75 Å². The molecule has 0 bridgehead atoms. The summed E-state index contributed by atoms with van der Waals surface area (Å²) in [5.74, 6) is 1.40. The number of aliphatic hydroxyl groups excluding tert-OH is 1. The average molecular weight is 234 g/mol. The van der Waals surface area contributed by atoms with E-state index in [2.05, 4.69) is 6.92 Å². The van der Waals surface area contributed by atoms with E-state index >= 15 is 0 Å². The van der Waals surface area contributed by atoms with E-state index in [1.165, 1.54) is 19.3 Å². The second-order valence-electron chi connectivity index (χ2n) is 5.27. The fraction of sp³-hybridized carbons (Fsp3) is 0.600. The molecule has 1 aromatic rings. The molecule has 0 radical (unpaired) electrons. The van der Waals surface area contributed by atoms with Gasteiger partial charge in [-0.2, -0.15) is 0 Å². The maximum absolute atomic E-state index is 10.3. The fourth-order valence-corrected chi connectivity index (χ4v) is 3.05. The van der Waals surface area contributed by atoms with Crippen LogP contribution < -0.4 is 0 Å². The van der Waals surface area contributed by atoms with Crippen LogP contribution in [0.1, 0.15) is 50.7 Å². The van der Waals surface area contributed by atoms with Crippen LogP contribution in [0.15, 0.2) is 24.3 Å². The number of rotatable bonds is 4. The first-order chi connectivity index (χ1) is 8.20. The molecule has 1 aromatic carbocycles. The zero-order valence-corrected chi connectivity index (χ0v) is 10.5. The molecule has 0 amide bonds. The highest BCUT2D eigenvalue weighted by molar-refractivity contribution is 5.29. The van der Waals surface area contributed by atoms with Crippen LogP contribution in [-0.4, -0.2) is 10.2 Å². The Morgan fingerprint density at radius 3 is 2.88 bits per heavy atom. The Morgan fingerprint density at radius 1 is 1.35 bits per heavy atom. The monoisotopic (exact) mass is 234 g/mol. The van der Waals surface area contributed by atoms with Crippen molar-refractivity contribution in [3.63, 3.8) is 0 Å². The number of aliphatic hydroxyl groups is 1. The van der Waals surface area contributed by atoms with Crippen molar-refractivity contribution in [2.75, 3.05) is 0 Å². The van der Waals surface area contributed by atoms with Gasteiger partial charge in [0.25, 0.3) is 0 Å². The van der Waals surface area contributed by atoms with Crippen LogP contribution in [0, 0.1) is 11.8 Å². The van der Waals surface area contributed by atoms with E-state index in [-0.39, 0.29) is 5.75 Å². The molecule has 1 fully saturated rings. The average Bonchev–Trinajstić information content (AvgIpc) is 2.77. The topological polar surface area (TPSA) is 40.5 Å². The van der Waals surface area contributed by atoms with Crippen LogP contribution in [0.25, 0.3) is 0 Å². The maximum Gasteiger partial charge on any atom is 0.115 e. The summed E-state index contributed by atoms with van der Waals surface area (Å²) in [4.78, 5) is 0. The molecule has 0 aromatic heterocycles. The molecule has 2 N–H and O–H groups in total. The van der Waals surface area contributed by atoms with Crippen molar-refractivity contribution in [2.45, 2.75) is 45.1 Å². The summed E-state index contributed by atoms with van der Waals surface area (Å²) in [6.45, 7) is 2.22. The minimum absolute atomic E-state index is 0.240. The molecule has 0 saturated heterocycles.